The van der Waals surface area contributed by atoms with Gasteiger partial charge in [0.2, 0.25) is 0 Å². The summed E-state index contributed by atoms with van der Waals surface area (Å²) in [5.41, 5.74) is 0. The van der Waals surface area contributed by atoms with E-state index in [4.69, 9.17) is 0 Å². The van der Waals surface area contributed by atoms with Crippen LogP contribution >= 0.6 is 43.2 Å². The van der Waals surface area contributed by atoms with Crippen molar-refractivity contribution in [1.29, 1.82) is 0 Å². The number of halogens is 2. The Morgan fingerprint density at radius 1 is 1.24 bits per heavy atom. The maximum Gasteiger partial charge on any atom is 0.0843 e. The van der Waals surface area contributed by atoms with Gasteiger partial charge in [-0.05, 0) is 56.8 Å². The van der Waals surface area contributed by atoms with E-state index in [9.17, 15) is 0 Å². The Morgan fingerprint density at radius 3 is 2.65 bits per heavy atom. The molecule has 1 nitrogen and oxygen atoms in total. The van der Waals surface area contributed by atoms with E-state index in [1.165, 1.54) is 51.7 Å². The summed E-state index contributed by atoms with van der Waals surface area (Å²) < 4.78 is 2.37. The lowest BCUT2D eigenvalue weighted by Gasteiger charge is -2.21. The van der Waals surface area contributed by atoms with E-state index in [-0.39, 0.29) is 0 Å². The normalized spacial score (nSPS) is 17.5. The molecule has 4 heteroatoms. The van der Waals surface area contributed by atoms with Crippen LogP contribution in [0.15, 0.2) is 14.3 Å². The number of hydrogen-bond donors (Lipinski definition) is 1. The number of nitrogens with one attached hydrogen (secondary N) is 1. The largest absolute Gasteiger partial charge is 0.312 e. The van der Waals surface area contributed by atoms with Crippen LogP contribution < -0.4 is 5.32 Å². The van der Waals surface area contributed by atoms with E-state index >= 15 is 0 Å². The summed E-state index contributed by atoms with van der Waals surface area (Å²) in [6.45, 7) is 2.17. The van der Waals surface area contributed by atoms with E-state index in [1.54, 1.807) is 0 Å². The SMILES string of the molecule is Brc1cc(CNCCC2CCCCC2)sc1Br. The summed E-state index contributed by atoms with van der Waals surface area (Å²) in [4.78, 5) is 1.40. The molecule has 0 unspecified atom stereocenters. The fraction of sp³-hybridized carbons (Fsp3) is 0.692. The van der Waals surface area contributed by atoms with Crippen molar-refractivity contribution >= 4 is 43.2 Å². The van der Waals surface area contributed by atoms with Gasteiger partial charge in [-0.15, -0.1) is 11.3 Å². The third-order valence-corrected chi connectivity index (χ3v) is 6.71. The predicted octanol–water partition coefficient (Wildman–Crippen LogP) is 5.33. The minimum absolute atomic E-state index is 0.984. The predicted molar refractivity (Wildman–Crippen MR) is 82.6 cm³/mol. The van der Waals surface area contributed by atoms with Crippen molar-refractivity contribution in [2.24, 2.45) is 5.92 Å². The molecule has 1 heterocycles. The highest BCUT2D eigenvalue weighted by atomic mass is 79.9. The van der Waals surface area contributed by atoms with Crippen molar-refractivity contribution in [1.82, 2.24) is 5.32 Å². The first-order valence-electron chi connectivity index (χ1n) is 6.40. The van der Waals surface area contributed by atoms with Crippen LogP contribution in [-0.2, 0) is 6.54 Å². The number of hydrogen-bond acceptors (Lipinski definition) is 2. The molecule has 1 aliphatic carbocycles. The van der Waals surface area contributed by atoms with Crippen LogP contribution in [0.3, 0.4) is 0 Å². The van der Waals surface area contributed by atoms with E-state index in [1.807, 2.05) is 11.3 Å². The van der Waals surface area contributed by atoms with Gasteiger partial charge in [0.1, 0.15) is 0 Å². The fourth-order valence-electron chi connectivity index (χ4n) is 2.47. The summed E-state index contributed by atoms with van der Waals surface area (Å²) in [5.74, 6) is 0.984. The number of rotatable bonds is 5. The smallest absolute Gasteiger partial charge is 0.0843 e. The molecule has 0 bridgehead atoms. The third kappa shape index (κ3) is 4.66. The highest BCUT2D eigenvalue weighted by Gasteiger charge is 2.12. The lowest BCUT2D eigenvalue weighted by atomic mass is 9.87. The standard InChI is InChI=1S/C13H19Br2NS/c14-12-8-11(17-13(12)15)9-16-7-6-10-4-2-1-3-5-10/h8,10,16H,1-7,9H2. The zero-order valence-corrected chi connectivity index (χ0v) is 14.0. The molecular weight excluding hydrogens is 362 g/mol. The molecule has 0 spiro atoms. The molecule has 0 saturated heterocycles. The Morgan fingerprint density at radius 2 is 2.00 bits per heavy atom. The molecule has 17 heavy (non-hydrogen) atoms. The van der Waals surface area contributed by atoms with Crippen LogP contribution in [0.2, 0.25) is 0 Å². The molecule has 1 saturated carbocycles. The molecular formula is C13H19Br2NS. The van der Waals surface area contributed by atoms with Crippen LogP contribution in [0.25, 0.3) is 0 Å². The first-order valence-corrected chi connectivity index (χ1v) is 8.80. The maximum atomic E-state index is 3.56. The Hall–Kier alpha value is 0.620. The van der Waals surface area contributed by atoms with E-state index in [2.05, 4.69) is 43.2 Å². The summed E-state index contributed by atoms with van der Waals surface area (Å²) in [6, 6.07) is 2.20. The summed E-state index contributed by atoms with van der Waals surface area (Å²) >= 11 is 8.86. The van der Waals surface area contributed by atoms with Crippen LogP contribution in [-0.4, -0.2) is 6.54 Å². The van der Waals surface area contributed by atoms with Gasteiger partial charge in [0.15, 0.2) is 0 Å². The summed E-state index contributed by atoms with van der Waals surface area (Å²) in [7, 11) is 0. The van der Waals surface area contributed by atoms with Gasteiger partial charge in [-0.2, -0.15) is 0 Å². The minimum Gasteiger partial charge on any atom is -0.312 e. The minimum atomic E-state index is 0.984. The molecule has 0 aliphatic heterocycles. The lowest BCUT2D eigenvalue weighted by molar-refractivity contribution is 0.334. The Balaban J connectivity index is 1.62. The molecule has 0 atom stereocenters. The second-order valence-corrected chi connectivity index (χ2v) is 8.11. The average Bonchev–Trinajstić information content (AvgIpc) is 2.66. The molecule has 1 aliphatic rings. The van der Waals surface area contributed by atoms with Gasteiger partial charge in [-0.25, -0.2) is 0 Å². The molecule has 0 aromatic carbocycles. The monoisotopic (exact) mass is 379 g/mol. The van der Waals surface area contributed by atoms with E-state index in [0.717, 1.165) is 19.0 Å². The summed E-state index contributed by atoms with van der Waals surface area (Å²) in [5, 5.41) is 3.56. The van der Waals surface area contributed by atoms with Crippen molar-refractivity contribution < 1.29 is 0 Å². The van der Waals surface area contributed by atoms with E-state index < -0.39 is 0 Å². The van der Waals surface area contributed by atoms with Gasteiger partial charge < -0.3 is 5.32 Å². The average molecular weight is 381 g/mol. The highest BCUT2D eigenvalue weighted by Crippen LogP contribution is 2.32. The van der Waals surface area contributed by atoms with Gasteiger partial charge in [0, 0.05) is 15.9 Å². The van der Waals surface area contributed by atoms with Crippen LogP contribution in [0.5, 0.6) is 0 Å². The Labute approximate surface area is 125 Å². The Kier molecular flexibility index (Phi) is 6.00. The molecule has 1 N–H and O–H groups in total. The van der Waals surface area contributed by atoms with Crippen LogP contribution in [0, 0.1) is 5.92 Å². The second kappa shape index (κ2) is 7.27. The van der Waals surface area contributed by atoms with Gasteiger partial charge in [-0.3, -0.25) is 0 Å². The van der Waals surface area contributed by atoms with Gasteiger partial charge in [0.05, 0.1) is 3.79 Å². The van der Waals surface area contributed by atoms with Crippen molar-refractivity contribution in [2.45, 2.75) is 45.1 Å². The molecule has 0 radical (unpaired) electrons. The fourth-order valence-corrected chi connectivity index (χ4v) is 4.62. The lowest BCUT2D eigenvalue weighted by Crippen LogP contribution is -2.18. The van der Waals surface area contributed by atoms with Crippen molar-refractivity contribution in [3.63, 3.8) is 0 Å². The van der Waals surface area contributed by atoms with Crippen LogP contribution in [0.1, 0.15) is 43.4 Å². The van der Waals surface area contributed by atoms with Gasteiger partial charge in [0.25, 0.3) is 0 Å². The van der Waals surface area contributed by atoms with Crippen molar-refractivity contribution in [3.8, 4) is 0 Å². The molecule has 0 amide bonds. The quantitative estimate of drug-likeness (QED) is 0.680. The summed E-state index contributed by atoms with van der Waals surface area (Å²) in [6.07, 6.45) is 8.63. The zero-order chi connectivity index (χ0) is 12.1. The molecule has 2 rings (SSSR count). The first kappa shape index (κ1) is 14.0. The molecule has 96 valence electrons. The second-order valence-electron chi connectivity index (χ2n) is 4.80. The van der Waals surface area contributed by atoms with Crippen molar-refractivity contribution in [3.05, 3.63) is 19.2 Å². The Bertz CT molecular complexity index is 326. The van der Waals surface area contributed by atoms with E-state index in [0.29, 0.717) is 0 Å². The third-order valence-electron chi connectivity index (χ3n) is 3.45. The highest BCUT2D eigenvalue weighted by molar-refractivity contribution is 9.13. The molecule has 1 aromatic heterocycles. The van der Waals surface area contributed by atoms with Gasteiger partial charge >= 0.3 is 0 Å². The maximum absolute atomic E-state index is 3.56. The van der Waals surface area contributed by atoms with Gasteiger partial charge in [-0.1, -0.05) is 32.1 Å². The van der Waals surface area contributed by atoms with Crippen molar-refractivity contribution in [2.75, 3.05) is 6.54 Å². The molecule has 1 aromatic rings. The van der Waals surface area contributed by atoms with Crippen LogP contribution in [0.4, 0.5) is 0 Å². The zero-order valence-electron chi connectivity index (χ0n) is 9.98. The first-order chi connectivity index (χ1) is 8.25. The number of thiophene rings is 1. The molecule has 1 fully saturated rings. The topological polar surface area (TPSA) is 12.0 Å².